The molecule has 0 aliphatic heterocycles. The van der Waals surface area contributed by atoms with Gasteiger partial charge in [0.25, 0.3) is 0 Å². The van der Waals surface area contributed by atoms with Gasteiger partial charge in [-0.3, -0.25) is 0 Å². The first kappa shape index (κ1) is 11.3. The Morgan fingerprint density at radius 3 is 2.79 bits per heavy atom. The molecule has 0 saturated heterocycles. The molecule has 1 heterocycles. The maximum atomic E-state index is 5.48. The molecule has 0 aliphatic carbocycles. The molecule has 0 atom stereocenters. The Labute approximate surface area is 91.6 Å². The number of nitrogens with zero attached hydrogens (tertiary/aromatic N) is 3. The first-order chi connectivity index (χ1) is 6.80. The SMILES string of the molecule is CNc1nc(OCCCl)nc(SC)n1. The van der Waals surface area contributed by atoms with Crippen molar-refractivity contribution in [1.82, 2.24) is 15.0 Å². The van der Waals surface area contributed by atoms with Crippen molar-refractivity contribution in [3.63, 3.8) is 0 Å². The maximum Gasteiger partial charge on any atom is 0.322 e. The lowest BCUT2D eigenvalue weighted by Gasteiger charge is -2.05. The molecule has 0 radical (unpaired) electrons. The van der Waals surface area contributed by atoms with E-state index < -0.39 is 0 Å². The van der Waals surface area contributed by atoms with Crippen LogP contribution in [0.25, 0.3) is 0 Å². The van der Waals surface area contributed by atoms with E-state index in [2.05, 4.69) is 20.3 Å². The third-order valence-corrected chi connectivity index (χ3v) is 2.01. The van der Waals surface area contributed by atoms with Crippen molar-refractivity contribution in [3.05, 3.63) is 0 Å². The van der Waals surface area contributed by atoms with Gasteiger partial charge in [0.15, 0.2) is 5.16 Å². The summed E-state index contributed by atoms with van der Waals surface area (Å²) < 4.78 is 5.19. The van der Waals surface area contributed by atoms with E-state index >= 15 is 0 Å². The molecule has 0 spiro atoms. The van der Waals surface area contributed by atoms with Gasteiger partial charge in [-0.2, -0.15) is 15.0 Å². The largest absolute Gasteiger partial charge is 0.462 e. The van der Waals surface area contributed by atoms with Crippen molar-refractivity contribution in [3.8, 4) is 6.01 Å². The smallest absolute Gasteiger partial charge is 0.322 e. The number of ether oxygens (including phenoxy) is 1. The second-order valence-electron chi connectivity index (χ2n) is 2.22. The zero-order chi connectivity index (χ0) is 10.4. The normalized spacial score (nSPS) is 9.93. The Bertz CT molecular complexity index is 277. The molecule has 1 aromatic heterocycles. The van der Waals surface area contributed by atoms with Crippen LogP contribution in [0.3, 0.4) is 0 Å². The van der Waals surface area contributed by atoms with Crippen LogP contribution >= 0.6 is 23.4 Å². The van der Waals surface area contributed by atoms with E-state index in [0.717, 1.165) is 0 Å². The molecule has 7 heteroatoms. The highest BCUT2D eigenvalue weighted by Gasteiger charge is 2.04. The molecule has 1 N–H and O–H groups in total. The van der Waals surface area contributed by atoms with Crippen LogP contribution in [0.5, 0.6) is 6.01 Å². The van der Waals surface area contributed by atoms with Crippen molar-refractivity contribution in [2.75, 3.05) is 31.1 Å². The van der Waals surface area contributed by atoms with Gasteiger partial charge in [0, 0.05) is 7.05 Å². The van der Waals surface area contributed by atoms with Crippen LogP contribution in [-0.2, 0) is 0 Å². The molecule has 0 fully saturated rings. The average molecular weight is 235 g/mol. The van der Waals surface area contributed by atoms with Crippen molar-refractivity contribution in [2.45, 2.75) is 5.16 Å². The number of aromatic nitrogens is 3. The Balaban J connectivity index is 2.81. The standard InChI is InChI=1S/C7H11ClN4OS/c1-9-5-10-6(13-4-3-8)12-7(11-5)14-2/h3-4H2,1-2H3,(H,9,10,11,12). The number of thioether (sulfide) groups is 1. The molecular formula is C7H11ClN4OS. The van der Waals surface area contributed by atoms with Gasteiger partial charge >= 0.3 is 6.01 Å². The summed E-state index contributed by atoms with van der Waals surface area (Å²) in [5.74, 6) is 0.906. The Kier molecular flexibility index (Phi) is 4.75. The molecule has 1 rings (SSSR count). The molecule has 1 aromatic rings. The first-order valence-corrected chi connectivity index (χ1v) is 5.72. The Hall–Kier alpha value is -0.750. The Morgan fingerprint density at radius 1 is 1.43 bits per heavy atom. The van der Waals surface area contributed by atoms with E-state index in [1.165, 1.54) is 11.8 Å². The van der Waals surface area contributed by atoms with Gasteiger partial charge in [0.1, 0.15) is 6.61 Å². The number of halogens is 1. The molecule has 0 aromatic carbocycles. The zero-order valence-corrected chi connectivity index (χ0v) is 9.52. The quantitative estimate of drug-likeness (QED) is 0.611. The van der Waals surface area contributed by atoms with Gasteiger partial charge in [-0.25, -0.2) is 0 Å². The summed E-state index contributed by atoms with van der Waals surface area (Å²) in [5.41, 5.74) is 0. The average Bonchev–Trinajstić information content (AvgIpc) is 2.25. The summed E-state index contributed by atoms with van der Waals surface area (Å²) in [7, 11) is 1.74. The molecule has 0 unspecified atom stereocenters. The minimum atomic E-state index is 0.300. The fourth-order valence-corrected chi connectivity index (χ4v) is 1.16. The molecule has 0 aliphatic rings. The predicted octanol–water partition coefficient (Wildman–Crippen LogP) is 1.25. The van der Waals surface area contributed by atoms with Crippen LogP contribution in [-0.4, -0.2) is 40.7 Å². The summed E-state index contributed by atoms with van der Waals surface area (Å²) in [6.07, 6.45) is 1.89. The van der Waals surface area contributed by atoms with Crippen molar-refractivity contribution in [1.29, 1.82) is 0 Å². The minimum Gasteiger partial charge on any atom is -0.462 e. The molecule has 0 bridgehead atoms. The van der Waals surface area contributed by atoms with E-state index in [9.17, 15) is 0 Å². The highest BCUT2D eigenvalue weighted by atomic mass is 35.5. The number of hydrogen-bond acceptors (Lipinski definition) is 6. The zero-order valence-electron chi connectivity index (χ0n) is 7.95. The third-order valence-electron chi connectivity index (χ3n) is 1.31. The van der Waals surface area contributed by atoms with Crippen LogP contribution < -0.4 is 10.1 Å². The molecule has 0 amide bonds. The second-order valence-corrected chi connectivity index (χ2v) is 3.37. The van der Waals surface area contributed by atoms with E-state index in [1.807, 2.05) is 6.26 Å². The molecule has 78 valence electrons. The first-order valence-electron chi connectivity index (χ1n) is 3.96. The van der Waals surface area contributed by atoms with Crippen LogP contribution in [0.15, 0.2) is 5.16 Å². The van der Waals surface area contributed by atoms with E-state index in [0.29, 0.717) is 29.6 Å². The Morgan fingerprint density at radius 2 is 2.21 bits per heavy atom. The summed E-state index contributed by atoms with van der Waals surface area (Å²) in [4.78, 5) is 12.2. The van der Waals surface area contributed by atoms with Gasteiger partial charge < -0.3 is 10.1 Å². The fourth-order valence-electron chi connectivity index (χ4n) is 0.736. The van der Waals surface area contributed by atoms with Crippen LogP contribution in [0, 0.1) is 0 Å². The maximum absolute atomic E-state index is 5.48. The predicted molar refractivity (Wildman–Crippen MR) is 57.4 cm³/mol. The fraction of sp³-hybridized carbons (Fsp3) is 0.571. The molecule has 5 nitrogen and oxygen atoms in total. The molecule has 14 heavy (non-hydrogen) atoms. The van der Waals surface area contributed by atoms with E-state index in [4.69, 9.17) is 16.3 Å². The van der Waals surface area contributed by atoms with E-state index in [1.54, 1.807) is 7.05 Å². The monoisotopic (exact) mass is 234 g/mol. The van der Waals surface area contributed by atoms with Crippen molar-refractivity contribution >= 4 is 29.3 Å². The number of alkyl halides is 1. The van der Waals surface area contributed by atoms with Crippen LogP contribution in [0.2, 0.25) is 0 Å². The van der Waals surface area contributed by atoms with Crippen molar-refractivity contribution in [2.24, 2.45) is 0 Å². The highest BCUT2D eigenvalue weighted by Crippen LogP contribution is 2.14. The van der Waals surface area contributed by atoms with Crippen LogP contribution in [0.4, 0.5) is 5.95 Å². The number of rotatable bonds is 5. The highest BCUT2D eigenvalue weighted by molar-refractivity contribution is 7.98. The summed E-state index contributed by atoms with van der Waals surface area (Å²) in [5, 5.41) is 3.45. The van der Waals surface area contributed by atoms with Crippen LogP contribution in [0.1, 0.15) is 0 Å². The minimum absolute atomic E-state index is 0.300. The van der Waals surface area contributed by atoms with Gasteiger partial charge in [0.2, 0.25) is 5.95 Å². The van der Waals surface area contributed by atoms with Gasteiger partial charge in [0.05, 0.1) is 5.88 Å². The summed E-state index contributed by atoms with van der Waals surface area (Å²) in [6, 6.07) is 0.300. The third kappa shape index (κ3) is 3.19. The lowest BCUT2D eigenvalue weighted by Crippen LogP contribution is -2.06. The number of hydrogen-bond donors (Lipinski definition) is 1. The molecule has 0 saturated carbocycles. The van der Waals surface area contributed by atoms with Gasteiger partial charge in [-0.15, -0.1) is 11.6 Å². The second kappa shape index (κ2) is 5.87. The lowest BCUT2D eigenvalue weighted by atomic mass is 10.8. The van der Waals surface area contributed by atoms with E-state index in [-0.39, 0.29) is 0 Å². The lowest BCUT2D eigenvalue weighted by molar-refractivity contribution is 0.310. The molecular weight excluding hydrogens is 224 g/mol. The van der Waals surface area contributed by atoms with Gasteiger partial charge in [-0.05, 0) is 6.26 Å². The van der Waals surface area contributed by atoms with Gasteiger partial charge in [-0.1, -0.05) is 11.8 Å². The topological polar surface area (TPSA) is 59.9 Å². The number of anilines is 1. The van der Waals surface area contributed by atoms with Crippen molar-refractivity contribution < 1.29 is 4.74 Å². The number of nitrogens with one attached hydrogen (secondary N) is 1. The summed E-state index contributed by atoms with van der Waals surface area (Å²) in [6.45, 7) is 0.391. The summed E-state index contributed by atoms with van der Waals surface area (Å²) >= 11 is 6.91.